The Morgan fingerprint density at radius 2 is 2.00 bits per heavy atom. The largest absolute Gasteiger partial charge is 0.280 e. The van der Waals surface area contributed by atoms with Gasteiger partial charge in [0.25, 0.3) is 10.2 Å². The van der Waals surface area contributed by atoms with E-state index in [1.807, 2.05) is 30.3 Å². The van der Waals surface area contributed by atoms with Crippen LogP contribution in [0, 0.1) is 0 Å². The summed E-state index contributed by atoms with van der Waals surface area (Å²) in [5.74, 6) is -0.455. The number of halogens is 1. The lowest BCUT2D eigenvalue weighted by atomic mass is 10.2. The highest BCUT2D eigenvalue weighted by Gasteiger charge is 2.23. The maximum absolute atomic E-state index is 13.0. The smallest absolute Gasteiger partial charge is 0.211 e. The van der Waals surface area contributed by atoms with Crippen LogP contribution in [0.1, 0.15) is 5.56 Å². The molecule has 0 radical (unpaired) electrons. The van der Waals surface area contributed by atoms with E-state index in [9.17, 15) is 12.8 Å². The number of benzene rings is 1. The van der Waals surface area contributed by atoms with Gasteiger partial charge in [0.2, 0.25) is 0 Å². The van der Waals surface area contributed by atoms with Gasteiger partial charge in [0, 0.05) is 13.1 Å². The second-order valence-corrected chi connectivity index (χ2v) is 5.51. The Bertz CT molecular complexity index is 514. The predicted molar refractivity (Wildman–Crippen MR) is 63.0 cm³/mol. The van der Waals surface area contributed by atoms with Crippen LogP contribution in [0.2, 0.25) is 0 Å². The summed E-state index contributed by atoms with van der Waals surface area (Å²) in [6.07, 6.45) is 1.28. The van der Waals surface area contributed by atoms with Crippen molar-refractivity contribution in [1.29, 1.82) is 0 Å². The zero-order valence-corrected chi connectivity index (χ0v) is 9.95. The predicted octanol–water partition coefficient (Wildman–Crippen LogP) is 1.19. The molecule has 1 aliphatic rings. The molecule has 1 heterocycles. The maximum atomic E-state index is 13.0. The summed E-state index contributed by atoms with van der Waals surface area (Å²) in [7, 11) is -3.60. The van der Waals surface area contributed by atoms with Crippen LogP contribution in [-0.4, -0.2) is 25.8 Å². The van der Waals surface area contributed by atoms with Gasteiger partial charge in [0.05, 0.1) is 6.54 Å². The summed E-state index contributed by atoms with van der Waals surface area (Å²) in [6.45, 7) is 0.0175. The first kappa shape index (κ1) is 12.2. The molecule has 0 bridgehead atoms. The van der Waals surface area contributed by atoms with Crippen molar-refractivity contribution in [3.8, 4) is 0 Å². The summed E-state index contributed by atoms with van der Waals surface area (Å²) in [5.41, 5.74) is 0.869. The molecule has 0 spiro atoms. The van der Waals surface area contributed by atoms with E-state index in [-0.39, 0.29) is 19.6 Å². The molecule has 0 saturated heterocycles. The number of nitrogens with zero attached hydrogens (tertiary/aromatic N) is 1. The highest BCUT2D eigenvalue weighted by Crippen LogP contribution is 2.12. The molecule has 6 heteroatoms. The Labute approximate surface area is 99.9 Å². The van der Waals surface area contributed by atoms with E-state index in [0.717, 1.165) is 5.56 Å². The first-order chi connectivity index (χ1) is 8.08. The van der Waals surface area contributed by atoms with Gasteiger partial charge in [0.15, 0.2) is 0 Å². The zero-order chi connectivity index (χ0) is 12.3. The Morgan fingerprint density at radius 1 is 1.29 bits per heavy atom. The Hall–Kier alpha value is -1.24. The molecule has 0 aliphatic carbocycles. The van der Waals surface area contributed by atoms with E-state index in [1.54, 1.807) is 0 Å². The molecule has 2 rings (SSSR count). The lowest BCUT2D eigenvalue weighted by Crippen LogP contribution is -2.39. The Kier molecular flexibility index (Phi) is 3.56. The number of hydrogen-bond donors (Lipinski definition) is 1. The summed E-state index contributed by atoms with van der Waals surface area (Å²) < 4.78 is 39.9. The third-order valence-corrected chi connectivity index (χ3v) is 3.95. The molecule has 0 unspecified atom stereocenters. The topological polar surface area (TPSA) is 49.4 Å². The maximum Gasteiger partial charge on any atom is 0.280 e. The molecule has 17 heavy (non-hydrogen) atoms. The molecular formula is C11H13FN2O2S. The quantitative estimate of drug-likeness (QED) is 0.864. The van der Waals surface area contributed by atoms with Crippen LogP contribution in [-0.2, 0) is 16.8 Å². The molecule has 1 aromatic carbocycles. The van der Waals surface area contributed by atoms with E-state index in [4.69, 9.17) is 0 Å². The van der Waals surface area contributed by atoms with Crippen LogP contribution in [0.3, 0.4) is 0 Å². The van der Waals surface area contributed by atoms with Gasteiger partial charge >= 0.3 is 0 Å². The van der Waals surface area contributed by atoms with Crippen LogP contribution < -0.4 is 4.72 Å². The minimum atomic E-state index is -3.60. The molecule has 1 aliphatic heterocycles. The standard InChI is InChI=1S/C11H13FN2O2S/c12-11-6-7-14(17(15,16)13-8-11)9-10-4-2-1-3-5-10/h1-6,13H,7-9H2. The van der Waals surface area contributed by atoms with Crippen molar-refractivity contribution < 1.29 is 12.8 Å². The van der Waals surface area contributed by atoms with Gasteiger partial charge in [-0.2, -0.15) is 17.4 Å². The third kappa shape index (κ3) is 3.12. The van der Waals surface area contributed by atoms with Crippen molar-refractivity contribution in [1.82, 2.24) is 9.03 Å². The lowest BCUT2D eigenvalue weighted by Gasteiger charge is -2.18. The van der Waals surface area contributed by atoms with E-state index in [2.05, 4.69) is 4.72 Å². The zero-order valence-electron chi connectivity index (χ0n) is 9.14. The Morgan fingerprint density at radius 3 is 2.71 bits per heavy atom. The van der Waals surface area contributed by atoms with Crippen LogP contribution in [0.15, 0.2) is 42.2 Å². The first-order valence-electron chi connectivity index (χ1n) is 5.21. The molecule has 0 atom stereocenters. The van der Waals surface area contributed by atoms with Gasteiger partial charge < -0.3 is 0 Å². The number of hydrogen-bond acceptors (Lipinski definition) is 2. The van der Waals surface area contributed by atoms with E-state index in [0.29, 0.717) is 0 Å². The SMILES string of the molecule is O=S1(=O)NCC(F)=CCN1Cc1ccccc1. The average molecular weight is 256 g/mol. The molecular weight excluding hydrogens is 243 g/mol. The van der Waals surface area contributed by atoms with E-state index < -0.39 is 16.0 Å². The molecule has 0 fully saturated rings. The van der Waals surface area contributed by atoms with Crippen LogP contribution in [0.25, 0.3) is 0 Å². The highest BCUT2D eigenvalue weighted by atomic mass is 32.2. The van der Waals surface area contributed by atoms with Crippen LogP contribution >= 0.6 is 0 Å². The lowest BCUT2D eigenvalue weighted by molar-refractivity contribution is 0.434. The van der Waals surface area contributed by atoms with Crippen LogP contribution in [0.4, 0.5) is 4.39 Å². The van der Waals surface area contributed by atoms with Gasteiger partial charge in [-0.25, -0.2) is 4.39 Å². The highest BCUT2D eigenvalue weighted by molar-refractivity contribution is 7.87. The molecule has 0 aromatic heterocycles. The van der Waals surface area contributed by atoms with Crippen molar-refractivity contribution in [2.75, 3.05) is 13.1 Å². The fourth-order valence-electron chi connectivity index (χ4n) is 1.56. The molecule has 0 amide bonds. The summed E-state index contributed by atoms with van der Waals surface area (Å²) in [6, 6.07) is 9.20. The van der Waals surface area contributed by atoms with Gasteiger partial charge in [-0.1, -0.05) is 30.3 Å². The second kappa shape index (κ2) is 4.95. The summed E-state index contributed by atoms with van der Waals surface area (Å²) in [4.78, 5) is 0. The van der Waals surface area contributed by atoms with Crippen molar-refractivity contribution in [2.45, 2.75) is 6.54 Å². The molecule has 1 N–H and O–H groups in total. The fraction of sp³-hybridized carbons (Fsp3) is 0.273. The van der Waals surface area contributed by atoms with E-state index >= 15 is 0 Å². The minimum Gasteiger partial charge on any atom is -0.211 e. The minimum absolute atomic E-state index is 0.0516. The molecule has 0 saturated carbocycles. The number of rotatable bonds is 2. The van der Waals surface area contributed by atoms with E-state index in [1.165, 1.54) is 10.4 Å². The van der Waals surface area contributed by atoms with Gasteiger partial charge in [-0.05, 0) is 11.6 Å². The van der Waals surface area contributed by atoms with Crippen molar-refractivity contribution >= 4 is 10.2 Å². The van der Waals surface area contributed by atoms with Gasteiger partial charge in [-0.15, -0.1) is 0 Å². The number of nitrogens with one attached hydrogen (secondary N) is 1. The van der Waals surface area contributed by atoms with Crippen molar-refractivity contribution in [3.05, 3.63) is 47.8 Å². The Balaban J connectivity index is 2.18. The van der Waals surface area contributed by atoms with Crippen molar-refractivity contribution in [3.63, 3.8) is 0 Å². The van der Waals surface area contributed by atoms with Crippen molar-refractivity contribution in [2.24, 2.45) is 0 Å². The molecule has 4 nitrogen and oxygen atoms in total. The summed E-state index contributed by atoms with van der Waals surface area (Å²) >= 11 is 0. The normalized spacial score (nSPS) is 20.6. The first-order valence-corrected chi connectivity index (χ1v) is 6.65. The monoisotopic (exact) mass is 256 g/mol. The van der Waals surface area contributed by atoms with Gasteiger partial charge in [-0.3, -0.25) is 0 Å². The van der Waals surface area contributed by atoms with Gasteiger partial charge in [0.1, 0.15) is 5.83 Å². The second-order valence-electron chi connectivity index (χ2n) is 3.76. The van der Waals surface area contributed by atoms with Crippen LogP contribution in [0.5, 0.6) is 0 Å². The third-order valence-electron chi connectivity index (χ3n) is 2.48. The fourth-order valence-corrected chi connectivity index (χ4v) is 2.65. The molecule has 92 valence electrons. The molecule has 1 aromatic rings. The summed E-state index contributed by atoms with van der Waals surface area (Å²) in [5, 5.41) is 0. The average Bonchev–Trinajstić information content (AvgIpc) is 2.44.